The average Bonchev–Trinajstić information content (AvgIpc) is 2.44. The van der Waals surface area contributed by atoms with Crippen LogP contribution in [0.25, 0.3) is 0 Å². The maximum Gasteiger partial charge on any atom is 0.325 e. The van der Waals surface area contributed by atoms with Gasteiger partial charge >= 0.3 is 18.0 Å². The highest BCUT2D eigenvalue weighted by Crippen LogP contribution is 2.33. The minimum atomic E-state index is -0.875. The smallest absolute Gasteiger partial charge is 0.325 e. The van der Waals surface area contributed by atoms with Crippen molar-refractivity contribution in [1.82, 2.24) is 10.2 Å². The van der Waals surface area contributed by atoms with Gasteiger partial charge in [0, 0.05) is 13.1 Å². The summed E-state index contributed by atoms with van der Waals surface area (Å²) in [7, 11) is 0. The molecule has 1 aliphatic rings. The number of hydrogen-bond donors (Lipinski definition) is 2. The Morgan fingerprint density at radius 2 is 2.05 bits per heavy atom. The van der Waals surface area contributed by atoms with E-state index in [1.165, 1.54) is 4.90 Å². The summed E-state index contributed by atoms with van der Waals surface area (Å²) >= 11 is 0. The number of carboxylic acids is 1. The molecule has 7 heteroatoms. The lowest BCUT2D eigenvalue weighted by atomic mass is 9.78. The third kappa shape index (κ3) is 3.85. The average molecular weight is 286 g/mol. The van der Waals surface area contributed by atoms with Crippen LogP contribution in [-0.2, 0) is 14.3 Å². The molecule has 0 radical (unpaired) electrons. The number of hydrogen-bond acceptors (Lipinski definition) is 4. The van der Waals surface area contributed by atoms with Gasteiger partial charge in [-0.25, -0.2) is 4.79 Å². The second-order valence-corrected chi connectivity index (χ2v) is 4.93. The van der Waals surface area contributed by atoms with Crippen LogP contribution in [0.3, 0.4) is 0 Å². The first-order chi connectivity index (χ1) is 9.45. The number of esters is 1. The molecule has 0 aromatic carbocycles. The van der Waals surface area contributed by atoms with E-state index in [1.807, 2.05) is 6.92 Å². The molecule has 0 bridgehead atoms. The van der Waals surface area contributed by atoms with Gasteiger partial charge in [0.05, 0.1) is 12.0 Å². The monoisotopic (exact) mass is 286 g/mol. The quantitative estimate of drug-likeness (QED) is 0.730. The third-order valence-corrected chi connectivity index (χ3v) is 3.68. The van der Waals surface area contributed by atoms with Crippen molar-refractivity contribution in [2.45, 2.75) is 33.1 Å². The number of nitrogens with zero attached hydrogens (tertiary/aromatic N) is 1. The summed E-state index contributed by atoms with van der Waals surface area (Å²) in [5.41, 5.74) is -0.875. The van der Waals surface area contributed by atoms with Gasteiger partial charge in [-0.05, 0) is 26.2 Å². The Kier molecular flexibility index (Phi) is 5.79. The Bertz CT molecular complexity index is 385. The third-order valence-electron chi connectivity index (χ3n) is 3.68. The molecule has 20 heavy (non-hydrogen) atoms. The number of amides is 2. The zero-order valence-corrected chi connectivity index (χ0v) is 12.0. The molecule has 1 aliphatic heterocycles. The Morgan fingerprint density at radius 3 is 2.60 bits per heavy atom. The molecule has 1 atom stereocenters. The van der Waals surface area contributed by atoms with Crippen molar-refractivity contribution >= 4 is 18.0 Å². The maximum atomic E-state index is 11.9. The van der Waals surface area contributed by atoms with Gasteiger partial charge in [0.25, 0.3) is 0 Å². The number of ether oxygens (including phenoxy) is 1. The topological polar surface area (TPSA) is 95.9 Å². The van der Waals surface area contributed by atoms with Crippen LogP contribution in [0.1, 0.15) is 33.1 Å². The number of likely N-dealkylation sites (tertiary alicyclic amines) is 1. The minimum absolute atomic E-state index is 0.174. The fraction of sp³-hybridized carbons (Fsp3) is 0.769. The number of carbonyl (C=O) groups is 3. The van der Waals surface area contributed by atoms with E-state index >= 15 is 0 Å². The molecule has 0 aromatic heterocycles. The zero-order chi connectivity index (χ0) is 15.2. The van der Waals surface area contributed by atoms with E-state index in [9.17, 15) is 19.5 Å². The molecule has 0 aromatic rings. The van der Waals surface area contributed by atoms with Crippen molar-refractivity contribution < 1.29 is 24.2 Å². The van der Waals surface area contributed by atoms with Crippen molar-refractivity contribution in [1.29, 1.82) is 0 Å². The number of carboxylic acid groups (broad SMARTS) is 1. The van der Waals surface area contributed by atoms with E-state index < -0.39 is 23.4 Å². The van der Waals surface area contributed by atoms with Crippen LogP contribution in [0, 0.1) is 5.41 Å². The fourth-order valence-corrected chi connectivity index (χ4v) is 2.39. The summed E-state index contributed by atoms with van der Waals surface area (Å²) in [6.45, 7) is 4.24. The Labute approximate surface area is 118 Å². The van der Waals surface area contributed by atoms with Crippen molar-refractivity contribution in [3.8, 4) is 0 Å². The van der Waals surface area contributed by atoms with E-state index in [-0.39, 0.29) is 19.7 Å². The van der Waals surface area contributed by atoms with Crippen LogP contribution in [-0.4, -0.2) is 54.2 Å². The van der Waals surface area contributed by atoms with Gasteiger partial charge in [0.1, 0.15) is 6.54 Å². The molecule has 0 spiro atoms. The van der Waals surface area contributed by atoms with Crippen LogP contribution in [0.2, 0.25) is 0 Å². The number of aliphatic carboxylic acids is 1. The van der Waals surface area contributed by atoms with Gasteiger partial charge in [0.2, 0.25) is 0 Å². The first-order valence-electron chi connectivity index (χ1n) is 6.87. The minimum Gasteiger partial charge on any atom is -0.481 e. The van der Waals surface area contributed by atoms with Gasteiger partial charge < -0.3 is 20.1 Å². The van der Waals surface area contributed by atoms with Gasteiger partial charge in [-0.3, -0.25) is 9.59 Å². The van der Waals surface area contributed by atoms with Crippen LogP contribution >= 0.6 is 0 Å². The summed E-state index contributed by atoms with van der Waals surface area (Å²) in [5, 5.41) is 11.8. The fourth-order valence-electron chi connectivity index (χ4n) is 2.39. The van der Waals surface area contributed by atoms with Crippen molar-refractivity contribution in [3.05, 3.63) is 0 Å². The SMILES string of the molecule is CCOC(=O)CNC(=O)N1CCCC(CC)(C(=O)O)C1. The van der Waals surface area contributed by atoms with E-state index in [1.54, 1.807) is 6.92 Å². The lowest BCUT2D eigenvalue weighted by molar-refractivity contribution is -0.152. The first-order valence-corrected chi connectivity index (χ1v) is 6.87. The van der Waals surface area contributed by atoms with Crippen LogP contribution in [0.5, 0.6) is 0 Å². The van der Waals surface area contributed by atoms with Crippen molar-refractivity contribution in [2.24, 2.45) is 5.41 Å². The summed E-state index contributed by atoms with van der Waals surface area (Å²) in [4.78, 5) is 36.0. The van der Waals surface area contributed by atoms with Crippen LogP contribution in [0.15, 0.2) is 0 Å². The molecule has 7 nitrogen and oxygen atoms in total. The molecule has 2 N–H and O–H groups in total. The number of piperidine rings is 1. The lowest BCUT2D eigenvalue weighted by Gasteiger charge is -2.39. The molecule has 1 unspecified atom stereocenters. The lowest BCUT2D eigenvalue weighted by Crippen LogP contribution is -2.53. The Balaban J connectivity index is 2.56. The van der Waals surface area contributed by atoms with E-state index in [2.05, 4.69) is 5.32 Å². The number of nitrogens with one attached hydrogen (secondary N) is 1. The maximum absolute atomic E-state index is 11.9. The summed E-state index contributed by atoms with van der Waals surface area (Å²) in [6, 6.07) is -0.420. The Morgan fingerprint density at radius 1 is 1.35 bits per heavy atom. The van der Waals surface area contributed by atoms with Crippen molar-refractivity contribution in [3.63, 3.8) is 0 Å². The second kappa shape index (κ2) is 7.12. The largest absolute Gasteiger partial charge is 0.481 e. The van der Waals surface area contributed by atoms with Crippen LogP contribution < -0.4 is 5.32 Å². The normalized spacial score (nSPS) is 22.2. The molecule has 1 saturated heterocycles. The molecule has 114 valence electrons. The van der Waals surface area contributed by atoms with Gasteiger partial charge in [-0.15, -0.1) is 0 Å². The van der Waals surface area contributed by atoms with E-state index in [0.29, 0.717) is 25.8 Å². The highest BCUT2D eigenvalue weighted by atomic mass is 16.5. The summed E-state index contributed by atoms with van der Waals surface area (Å²) < 4.78 is 4.71. The Hall–Kier alpha value is -1.79. The van der Waals surface area contributed by atoms with E-state index in [4.69, 9.17) is 4.74 Å². The molecular formula is C13H22N2O5. The molecule has 0 saturated carbocycles. The molecular weight excluding hydrogens is 264 g/mol. The predicted molar refractivity (Wildman–Crippen MR) is 71.2 cm³/mol. The highest BCUT2D eigenvalue weighted by molar-refractivity contribution is 5.82. The van der Waals surface area contributed by atoms with Gasteiger partial charge in [-0.2, -0.15) is 0 Å². The molecule has 0 aliphatic carbocycles. The van der Waals surface area contributed by atoms with E-state index in [0.717, 1.165) is 0 Å². The zero-order valence-electron chi connectivity index (χ0n) is 12.0. The number of rotatable bonds is 5. The predicted octanol–water partition coefficient (Wildman–Crippen LogP) is 0.836. The summed E-state index contributed by atoms with van der Waals surface area (Å²) in [6.07, 6.45) is 1.69. The highest BCUT2D eigenvalue weighted by Gasteiger charge is 2.42. The van der Waals surface area contributed by atoms with Gasteiger partial charge in [-0.1, -0.05) is 6.92 Å². The van der Waals surface area contributed by atoms with Crippen LogP contribution in [0.4, 0.5) is 4.79 Å². The van der Waals surface area contributed by atoms with Crippen molar-refractivity contribution in [2.75, 3.05) is 26.2 Å². The molecule has 2 amide bonds. The molecule has 1 fully saturated rings. The summed E-state index contributed by atoms with van der Waals surface area (Å²) in [5.74, 6) is -1.37. The second-order valence-electron chi connectivity index (χ2n) is 4.93. The molecule has 1 rings (SSSR count). The first kappa shape index (κ1) is 16.3. The molecule has 1 heterocycles. The number of carbonyl (C=O) groups excluding carboxylic acids is 2. The standard InChI is InChI=1S/C13H22N2O5/c1-3-13(11(17)18)6-5-7-15(9-13)12(19)14-8-10(16)20-4-2/h3-9H2,1-2H3,(H,14,19)(H,17,18). The number of urea groups is 1. The van der Waals surface area contributed by atoms with Gasteiger partial charge in [0.15, 0.2) is 0 Å².